The zero-order valence-corrected chi connectivity index (χ0v) is 10.7. The smallest absolute Gasteiger partial charge is 0.248 e. The van der Waals surface area contributed by atoms with Gasteiger partial charge >= 0.3 is 0 Å². The SMILES string of the molecule is Cn1cncc1[C@H]1CNC(=O)C1=Cc1ccccc1. The highest BCUT2D eigenvalue weighted by Gasteiger charge is 2.31. The molecular formula is C15H15N3O. The number of hydrogen-bond donors (Lipinski definition) is 1. The Hall–Kier alpha value is -2.36. The number of benzene rings is 1. The molecule has 1 aliphatic heterocycles. The van der Waals surface area contributed by atoms with E-state index in [0.717, 1.165) is 16.8 Å². The standard InChI is InChI=1S/C15H15N3O/c1-18-10-16-9-14(18)13-8-17-15(19)12(13)7-11-5-3-2-4-6-11/h2-7,9-10,13H,8H2,1H3,(H,17,19)/t13-/m0/s1. The number of rotatable bonds is 2. The summed E-state index contributed by atoms with van der Waals surface area (Å²) in [5.41, 5.74) is 2.90. The first kappa shape index (κ1) is 11.7. The molecule has 2 aromatic rings. The number of imidazole rings is 1. The molecule has 4 heteroatoms. The molecule has 0 bridgehead atoms. The maximum atomic E-state index is 12.0. The Kier molecular flexibility index (Phi) is 2.91. The van der Waals surface area contributed by atoms with Crippen LogP contribution >= 0.6 is 0 Å². The monoisotopic (exact) mass is 253 g/mol. The summed E-state index contributed by atoms with van der Waals surface area (Å²) >= 11 is 0. The van der Waals surface area contributed by atoms with E-state index < -0.39 is 0 Å². The quantitative estimate of drug-likeness (QED) is 0.828. The first-order valence-electron chi connectivity index (χ1n) is 6.27. The van der Waals surface area contributed by atoms with Gasteiger partial charge in [-0.05, 0) is 11.6 Å². The van der Waals surface area contributed by atoms with Crippen LogP contribution in [0.1, 0.15) is 17.2 Å². The van der Waals surface area contributed by atoms with Crippen molar-refractivity contribution >= 4 is 12.0 Å². The van der Waals surface area contributed by atoms with Crippen LogP contribution in [0, 0.1) is 0 Å². The van der Waals surface area contributed by atoms with Crippen LogP contribution in [0.5, 0.6) is 0 Å². The fourth-order valence-corrected chi connectivity index (χ4v) is 2.43. The number of aromatic nitrogens is 2. The molecule has 2 heterocycles. The molecule has 3 rings (SSSR count). The van der Waals surface area contributed by atoms with Crippen molar-refractivity contribution in [1.29, 1.82) is 0 Å². The van der Waals surface area contributed by atoms with Crippen LogP contribution in [0.3, 0.4) is 0 Å². The zero-order valence-electron chi connectivity index (χ0n) is 10.7. The number of nitrogens with one attached hydrogen (secondary N) is 1. The molecule has 1 amide bonds. The summed E-state index contributed by atoms with van der Waals surface area (Å²) in [4.78, 5) is 16.1. The summed E-state index contributed by atoms with van der Waals surface area (Å²) in [6.07, 6.45) is 5.54. The molecule has 1 aliphatic rings. The summed E-state index contributed by atoms with van der Waals surface area (Å²) in [5.74, 6) is 0.0789. The van der Waals surface area contributed by atoms with E-state index in [0.29, 0.717) is 6.54 Å². The second-order valence-electron chi connectivity index (χ2n) is 4.70. The van der Waals surface area contributed by atoms with Crippen LogP contribution in [0.2, 0.25) is 0 Å². The van der Waals surface area contributed by atoms with Crippen molar-refractivity contribution < 1.29 is 4.79 Å². The molecule has 1 atom stereocenters. The van der Waals surface area contributed by atoms with Gasteiger partial charge in [-0.15, -0.1) is 0 Å². The first-order valence-corrected chi connectivity index (χ1v) is 6.27. The lowest BCUT2D eigenvalue weighted by molar-refractivity contribution is -0.116. The lowest BCUT2D eigenvalue weighted by Crippen LogP contribution is -2.14. The summed E-state index contributed by atoms with van der Waals surface area (Å²) in [7, 11) is 1.95. The minimum atomic E-state index is 0.00931. The maximum absolute atomic E-state index is 12.0. The Labute approximate surface area is 111 Å². The normalized spacial score (nSPS) is 20.8. The van der Waals surface area contributed by atoms with Gasteiger partial charge in [0.15, 0.2) is 0 Å². The van der Waals surface area contributed by atoms with Gasteiger partial charge in [0, 0.05) is 37.0 Å². The van der Waals surface area contributed by atoms with Crippen LogP contribution in [0.4, 0.5) is 0 Å². The van der Waals surface area contributed by atoms with Gasteiger partial charge in [-0.1, -0.05) is 30.3 Å². The van der Waals surface area contributed by atoms with Crippen LogP contribution < -0.4 is 5.32 Å². The first-order chi connectivity index (χ1) is 9.25. The topological polar surface area (TPSA) is 46.9 Å². The minimum absolute atomic E-state index is 0.00931. The van der Waals surface area contributed by atoms with Crippen LogP contribution in [0.15, 0.2) is 48.4 Å². The summed E-state index contributed by atoms with van der Waals surface area (Å²) < 4.78 is 1.96. The third kappa shape index (κ3) is 2.17. The van der Waals surface area contributed by atoms with Gasteiger partial charge in [0.05, 0.1) is 6.33 Å². The van der Waals surface area contributed by atoms with Crippen molar-refractivity contribution in [3.8, 4) is 0 Å². The van der Waals surface area contributed by atoms with E-state index in [-0.39, 0.29) is 11.8 Å². The Morgan fingerprint density at radius 1 is 1.37 bits per heavy atom. The van der Waals surface area contributed by atoms with Crippen molar-refractivity contribution in [1.82, 2.24) is 14.9 Å². The van der Waals surface area contributed by atoms with Crippen molar-refractivity contribution in [3.63, 3.8) is 0 Å². The lowest BCUT2D eigenvalue weighted by Gasteiger charge is -2.10. The molecule has 19 heavy (non-hydrogen) atoms. The lowest BCUT2D eigenvalue weighted by atomic mass is 9.97. The van der Waals surface area contributed by atoms with E-state index in [1.54, 1.807) is 6.33 Å². The average Bonchev–Trinajstić information content (AvgIpc) is 2.99. The van der Waals surface area contributed by atoms with Crippen molar-refractivity contribution in [2.24, 2.45) is 7.05 Å². The van der Waals surface area contributed by atoms with E-state index >= 15 is 0 Å². The highest BCUT2D eigenvalue weighted by Crippen LogP contribution is 2.29. The third-order valence-electron chi connectivity index (χ3n) is 3.44. The minimum Gasteiger partial charge on any atom is -0.351 e. The predicted octanol–water partition coefficient (Wildman–Crippen LogP) is 1.72. The van der Waals surface area contributed by atoms with Crippen molar-refractivity contribution in [2.75, 3.05) is 6.54 Å². The van der Waals surface area contributed by atoms with E-state index in [2.05, 4.69) is 10.3 Å². The Balaban J connectivity index is 2.00. The molecule has 1 fully saturated rings. The van der Waals surface area contributed by atoms with Crippen LogP contribution in [-0.4, -0.2) is 22.0 Å². The van der Waals surface area contributed by atoms with Crippen molar-refractivity contribution in [3.05, 3.63) is 59.7 Å². The van der Waals surface area contributed by atoms with Gasteiger partial charge in [-0.25, -0.2) is 4.98 Å². The molecule has 1 aromatic carbocycles. The molecule has 0 radical (unpaired) electrons. The summed E-state index contributed by atoms with van der Waals surface area (Å²) in [6, 6.07) is 9.91. The van der Waals surface area contributed by atoms with Gasteiger partial charge < -0.3 is 9.88 Å². The fourth-order valence-electron chi connectivity index (χ4n) is 2.43. The molecule has 0 aliphatic carbocycles. The third-order valence-corrected chi connectivity index (χ3v) is 3.44. The van der Waals surface area contributed by atoms with Gasteiger partial charge in [0.2, 0.25) is 5.91 Å². The number of hydrogen-bond acceptors (Lipinski definition) is 2. The van der Waals surface area contributed by atoms with Gasteiger partial charge in [-0.3, -0.25) is 4.79 Å². The molecule has 4 nitrogen and oxygen atoms in total. The average molecular weight is 253 g/mol. The van der Waals surface area contributed by atoms with Crippen molar-refractivity contribution in [2.45, 2.75) is 5.92 Å². The maximum Gasteiger partial charge on any atom is 0.248 e. The van der Waals surface area contributed by atoms with E-state index in [1.807, 2.05) is 54.2 Å². The molecule has 0 saturated carbocycles. The number of amides is 1. The Bertz CT molecular complexity index is 628. The van der Waals surface area contributed by atoms with E-state index in [4.69, 9.17) is 0 Å². The van der Waals surface area contributed by atoms with Gasteiger partial charge in [0.1, 0.15) is 0 Å². The molecule has 1 N–H and O–H groups in total. The number of carbonyl (C=O) groups is 1. The van der Waals surface area contributed by atoms with Crippen LogP contribution in [0.25, 0.3) is 6.08 Å². The number of carbonyl (C=O) groups excluding carboxylic acids is 1. The van der Waals surface area contributed by atoms with E-state index in [9.17, 15) is 4.79 Å². The Morgan fingerprint density at radius 2 is 2.16 bits per heavy atom. The fraction of sp³-hybridized carbons (Fsp3) is 0.200. The molecule has 1 saturated heterocycles. The van der Waals surface area contributed by atoms with E-state index in [1.165, 1.54) is 0 Å². The summed E-state index contributed by atoms with van der Waals surface area (Å²) in [5, 5.41) is 2.91. The van der Waals surface area contributed by atoms with Gasteiger partial charge in [0.25, 0.3) is 0 Å². The van der Waals surface area contributed by atoms with Gasteiger partial charge in [-0.2, -0.15) is 0 Å². The van der Waals surface area contributed by atoms with Crippen LogP contribution in [-0.2, 0) is 11.8 Å². The molecule has 0 unspecified atom stereocenters. The number of nitrogens with zero attached hydrogens (tertiary/aromatic N) is 2. The second-order valence-corrected chi connectivity index (χ2v) is 4.70. The zero-order chi connectivity index (χ0) is 13.2. The predicted molar refractivity (Wildman–Crippen MR) is 73.4 cm³/mol. The highest BCUT2D eigenvalue weighted by molar-refractivity contribution is 6.01. The molecule has 1 aromatic heterocycles. The number of aryl methyl sites for hydroxylation is 1. The largest absolute Gasteiger partial charge is 0.351 e. The highest BCUT2D eigenvalue weighted by atomic mass is 16.2. The molecular weight excluding hydrogens is 238 g/mol. The summed E-state index contributed by atoms with van der Waals surface area (Å²) in [6.45, 7) is 0.636. The molecule has 0 spiro atoms. The Morgan fingerprint density at radius 3 is 2.84 bits per heavy atom. The second kappa shape index (κ2) is 4.72. The molecule has 96 valence electrons.